The molecule has 1 heterocycles. The summed E-state index contributed by atoms with van der Waals surface area (Å²) in [6, 6.07) is 6.91. The summed E-state index contributed by atoms with van der Waals surface area (Å²) in [6.07, 6.45) is -0.207. The first-order chi connectivity index (χ1) is 10.0. The van der Waals surface area contributed by atoms with Gasteiger partial charge in [-0.1, -0.05) is 12.1 Å². The molecule has 21 heavy (non-hydrogen) atoms. The molecule has 3 N–H and O–H groups in total. The van der Waals surface area contributed by atoms with Gasteiger partial charge in [0.25, 0.3) is 5.91 Å². The zero-order valence-electron chi connectivity index (χ0n) is 12.3. The van der Waals surface area contributed by atoms with Crippen LogP contribution < -0.4 is 11.1 Å². The molecule has 0 radical (unpaired) electrons. The van der Waals surface area contributed by atoms with Crippen molar-refractivity contribution < 1.29 is 14.3 Å². The summed E-state index contributed by atoms with van der Waals surface area (Å²) in [7, 11) is 1.60. The fourth-order valence-electron chi connectivity index (χ4n) is 2.61. The van der Waals surface area contributed by atoms with Crippen molar-refractivity contribution >= 4 is 11.8 Å². The Morgan fingerprint density at radius 3 is 2.62 bits per heavy atom. The molecular weight excluding hydrogens is 270 g/mol. The number of benzene rings is 1. The zero-order valence-corrected chi connectivity index (χ0v) is 12.3. The fraction of sp³-hybridized carbons (Fsp3) is 0.467. The van der Waals surface area contributed by atoms with Gasteiger partial charge in [0.15, 0.2) is 0 Å². The number of hydrogen-bond acceptors (Lipinski definition) is 4. The van der Waals surface area contributed by atoms with Crippen LogP contribution in [0.15, 0.2) is 24.3 Å². The monoisotopic (exact) mass is 291 g/mol. The van der Waals surface area contributed by atoms with Crippen molar-refractivity contribution in [2.75, 3.05) is 20.2 Å². The molecular formula is C15H21N3O3. The van der Waals surface area contributed by atoms with E-state index in [1.807, 2.05) is 24.0 Å². The summed E-state index contributed by atoms with van der Waals surface area (Å²) in [4.78, 5) is 25.1. The SMILES string of the molecule is CNC(=O)c1ccc(CN2CCO[C@H](C)[C@H]2C(N)=O)cc1. The van der Waals surface area contributed by atoms with Crippen molar-refractivity contribution in [3.8, 4) is 0 Å². The quantitative estimate of drug-likeness (QED) is 0.825. The molecule has 6 heteroatoms. The lowest BCUT2D eigenvalue weighted by molar-refractivity contribution is -0.136. The van der Waals surface area contributed by atoms with E-state index in [2.05, 4.69) is 5.32 Å². The summed E-state index contributed by atoms with van der Waals surface area (Å²) in [6.45, 7) is 3.71. The van der Waals surface area contributed by atoms with Gasteiger partial charge in [-0.25, -0.2) is 0 Å². The summed E-state index contributed by atoms with van der Waals surface area (Å²) < 4.78 is 5.49. The Bertz CT molecular complexity index is 515. The zero-order chi connectivity index (χ0) is 15.4. The Kier molecular flexibility index (Phi) is 4.93. The second-order valence-corrected chi connectivity index (χ2v) is 5.17. The average molecular weight is 291 g/mol. The van der Waals surface area contributed by atoms with Gasteiger partial charge in [-0.3, -0.25) is 14.5 Å². The molecule has 2 atom stereocenters. The number of carbonyl (C=O) groups excluding carboxylic acids is 2. The third-order valence-corrected chi connectivity index (χ3v) is 3.72. The van der Waals surface area contributed by atoms with Gasteiger partial charge in [0.2, 0.25) is 5.91 Å². The highest BCUT2D eigenvalue weighted by atomic mass is 16.5. The van der Waals surface area contributed by atoms with Crippen molar-refractivity contribution in [2.45, 2.75) is 25.6 Å². The highest BCUT2D eigenvalue weighted by Gasteiger charge is 2.33. The Morgan fingerprint density at radius 2 is 2.05 bits per heavy atom. The van der Waals surface area contributed by atoms with E-state index in [4.69, 9.17) is 10.5 Å². The van der Waals surface area contributed by atoms with Crippen molar-refractivity contribution in [1.82, 2.24) is 10.2 Å². The van der Waals surface area contributed by atoms with E-state index in [-0.39, 0.29) is 17.9 Å². The predicted octanol–water partition coefficient (Wildman–Crippen LogP) is 0.121. The maximum Gasteiger partial charge on any atom is 0.251 e. The minimum atomic E-state index is -0.419. The third-order valence-electron chi connectivity index (χ3n) is 3.72. The Hall–Kier alpha value is -1.92. The number of ether oxygens (including phenoxy) is 1. The highest BCUT2D eigenvalue weighted by Crippen LogP contribution is 2.17. The number of nitrogens with one attached hydrogen (secondary N) is 1. The van der Waals surface area contributed by atoms with Crippen molar-refractivity contribution in [1.29, 1.82) is 0 Å². The lowest BCUT2D eigenvalue weighted by Gasteiger charge is -2.37. The van der Waals surface area contributed by atoms with Crippen molar-refractivity contribution in [3.63, 3.8) is 0 Å². The summed E-state index contributed by atoms with van der Waals surface area (Å²) >= 11 is 0. The Morgan fingerprint density at radius 1 is 1.38 bits per heavy atom. The minimum absolute atomic E-state index is 0.114. The second-order valence-electron chi connectivity index (χ2n) is 5.17. The third kappa shape index (κ3) is 3.59. The molecule has 0 aliphatic carbocycles. The van der Waals surface area contributed by atoms with Crippen molar-refractivity contribution in [3.05, 3.63) is 35.4 Å². The van der Waals surface area contributed by atoms with Crippen LogP contribution in [-0.4, -0.2) is 49.1 Å². The number of carbonyl (C=O) groups is 2. The molecule has 0 aromatic heterocycles. The van der Waals surface area contributed by atoms with Crippen LogP contribution >= 0.6 is 0 Å². The van der Waals surface area contributed by atoms with E-state index < -0.39 is 6.04 Å². The van der Waals surface area contributed by atoms with E-state index in [0.29, 0.717) is 25.3 Å². The molecule has 0 saturated carbocycles. The summed E-state index contributed by atoms with van der Waals surface area (Å²) in [5, 5.41) is 2.58. The van der Waals surface area contributed by atoms with Crippen LogP contribution in [0.4, 0.5) is 0 Å². The summed E-state index contributed by atoms with van der Waals surface area (Å²) in [5.41, 5.74) is 7.11. The Balaban J connectivity index is 2.09. The molecule has 2 amide bonds. The topological polar surface area (TPSA) is 84.7 Å². The predicted molar refractivity (Wildman–Crippen MR) is 78.6 cm³/mol. The molecule has 1 aromatic rings. The molecule has 0 unspecified atom stereocenters. The number of nitrogens with two attached hydrogens (primary N) is 1. The number of morpholine rings is 1. The Labute approximate surface area is 124 Å². The fourth-order valence-corrected chi connectivity index (χ4v) is 2.61. The molecule has 6 nitrogen and oxygen atoms in total. The first-order valence-corrected chi connectivity index (χ1v) is 6.99. The van der Waals surface area contributed by atoms with Crippen LogP contribution in [0.25, 0.3) is 0 Å². The van der Waals surface area contributed by atoms with E-state index in [0.717, 1.165) is 5.56 Å². The number of nitrogens with zero attached hydrogens (tertiary/aromatic N) is 1. The van der Waals surface area contributed by atoms with Crippen LogP contribution in [-0.2, 0) is 16.1 Å². The van der Waals surface area contributed by atoms with E-state index in [9.17, 15) is 9.59 Å². The van der Waals surface area contributed by atoms with Gasteiger partial charge in [0.1, 0.15) is 6.04 Å². The molecule has 1 aromatic carbocycles. The van der Waals surface area contributed by atoms with Gasteiger partial charge in [-0.05, 0) is 24.6 Å². The highest BCUT2D eigenvalue weighted by molar-refractivity contribution is 5.93. The maximum absolute atomic E-state index is 11.6. The van der Waals surface area contributed by atoms with Crippen LogP contribution in [0, 0.1) is 0 Å². The average Bonchev–Trinajstić information content (AvgIpc) is 2.47. The van der Waals surface area contributed by atoms with Gasteiger partial charge in [0.05, 0.1) is 12.7 Å². The van der Waals surface area contributed by atoms with Crippen LogP contribution in [0.2, 0.25) is 0 Å². The molecule has 1 aliphatic heterocycles. The molecule has 0 spiro atoms. The van der Waals surface area contributed by atoms with Gasteiger partial charge >= 0.3 is 0 Å². The lowest BCUT2D eigenvalue weighted by atomic mass is 10.1. The van der Waals surface area contributed by atoms with E-state index in [1.54, 1.807) is 19.2 Å². The van der Waals surface area contributed by atoms with Crippen LogP contribution in [0.1, 0.15) is 22.8 Å². The molecule has 1 aliphatic rings. The van der Waals surface area contributed by atoms with Crippen LogP contribution in [0.5, 0.6) is 0 Å². The van der Waals surface area contributed by atoms with Gasteiger partial charge in [-0.15, -0.1) is 0 Å². The summed E-state index contributed by atoms with van der Waals surface area (Å²) in [5.74, 6) is -0.485. The van der Waals surface area contributed by atoms with Gasteiger partial charge in [-0.2, -0.15) is 0 Å². The first kappa shape index (κ1) is 15.5. The van der Waals surface area contributed by atoms with E-state index >= 15 is 0 Å². The standard InChI is InChI=1S/C15H21N3O3/c1-10-13(14(16)19)18(7-8-21-10)9-11-3-5-12(6-4-11)15(20)17-2/h3-6,10,13H,7-9H2,1-2H3,(H2,16,19)(H,17,20)/t10-,13+/m1/s1. The second kappa shape index (κ2) is 6.69. The minimum Gasteiger partial charge on any atom is -0.375 e. The molecule has 1 saturated heterocycles. The molecule has 1 fully saturated rings. The number of primary amides is 1. The largest absolute Gasteiger partial charge is 0.375 e. The maximum atomic E-state index is 11.6. The molecule has 2 rings (SSSR count). The van der Waals surface area contributed by atoms with E-state index in [1.165, 1.54) is 0 Å². The van der Waals surface area contributed by atoms with Gasteiger partial charge < -0.3 is 15.8 Å². The number of hydrogen-bond donors (Lipinski definition) is 2. The van der Waals surface area contributed by atoms with Gasteiger partial charge in [0, 0.05) is 25.7 Å². The van der Waals surface area contributed by atoms with Crippen molar-refractivity contribution in [2.24, 2.45) is 5.73 Å². The molecule has 114 valence electrons. The lowest BCUT2D eigenvalue weighted by Crippen LogP contribution is -2.56. The smallest absolute Gasteiger partial charge is 0.251 e. The normalized spacial score (nSPS) is 22.8. The first-order valence-electron chi connectivity index (χ1n) is 6.99. The molecule has 0 bridgehead atoms. The van der Waals surface area contributed by atoms with Crippen LogP contribution in [0.3, 0.4) is 0 Å². The number of rotatable bonds is 4. The number of amides is 2.